The van der Waals surface area contributed by atoms with Crippen molar-refractivity contribution in [2.45, 2.75) is 0 Å². The van der Waals surface area contributed by atoms with Gasteiger partial charge in [0, 0.05) is 17.4 Å². The molecule has 0 aliphatic heterocycles. The van der Waals surface area contributed by atoms with Crippen LogP contribution < -0.4 is 0 Å². The van der Waals surface area contributed by atoms with E-state index in [9.17, 15) is 4.39 Å². The van der Waals surface area contributed by atoms with Gasteiger partial charge in [-0.05, 0) is 0 Å². The van der Waals surface area contributed by atoms with Crippen LogP contribution in [-0.4, -0.2) is 0 Å². The zero-order chi connectivity index (χ0) is 15.0. The largest absolute Gasteiger partial charge is 0 e. The third-order valence-electron chi connectivity index (χ3n) is 0.197. The normalized spacial score (nSPS) is 4.29. The molecule has 0 N–H and O–H groups in total. The summed E-state index contributed by atoms with van der Waals surface area (Å²) in [4.78, 5) is 2.51. The van der Waals surface area contributed by atoms with E-state index in [1.807, 2.05) is 0 Å². The van der Waals surface area contributed by atoms with Crippen molar-refractivity contribution >= 4 is 11.6 Å². The summed E-state index contributed by atoms with van der Waals surface area (Å²) in [6.07, 6.45) is 0.0502. The van der Waals surface area contributed by atoms with Crippen LogP contribution in [0.4, 0.5) is 4.39 Å². The molecule has 0 aromatic heterocycles. The minimum absolute atomic E-state index is 0. The number of halogens is 2. The SMILES string of the molecule is [C-]#[N+]/C(Cl)=C/F.[C-]#[O+].[C-]#[O+].[C-]#[O+].[C-]#[O+].[C-]#[O+].[Cr]. The van der Waals surface area contributed by atoms with Crippen LogP contribution in [0.25, 0.3) is 4.85 Å². The number of rotatable bonds is 0. The van der Waals surface area contributed by atoms with E-state index in [0.717, 1.165) is 0 Å². The summed E-state index contributed by atoms with van der Waals surface area (Å²) >= 11 is 4.78. The summed E-state index contributed by atoms with van der Waals surface area (Å²) in [6.45, 7) is 28.5. The maximum atomic E-state index is 10.9. The Hall–Kier alpha value is -1.32. The van der Waals surface area contributed by atoms with E-state index >= 15 is 0 Å². The van der Waals surface area contributed by atoms with E-state index in [4.69, 9.17) is 41.4 Å². The molecule has 0 aliphatic rings. The minimum atomic E-state index is -0.435. The van der Waals surface area contributed by atoms with Gasteiger partial charge in [0.15, 0.2) is 0 Å². The molecule has 9 heteroatoms. The molecule has 0 rings (SSSR count). The third-order valence-corrected chi connectivity index (χ3v) is 0.364. The average molecular weight is 298 g/mol. The monoisotopic (exact) mass is 297 g/mol. The Kier molecular flexibility index (Phi) is 535. The van der Waals surface area contributed by atoms with Crippen LogP contribution in [0.3, 0.4) is 0 Å². The number of nitrogens with zero attached hydrogens (tertiary/aromatic N) is 1. The van der Waals surface area contributed by atoms with Crippen molar-refractivity contribution in [3.63, 3.8) is 0 Å². The molecule has 0 heterocycles. The van der Waals surface area contributed by atoms with Gasteiger partial charge >= 0.3 is 56.5 Å². The van der Waals surface area contributed by atoms with Gasteiger partial charge in [-0.1, -0.05) is 0 Å². The Balaban J connectivity index is -0.0000000158. The van der Waals surface area contributed by atoms with Crippen molar-refractivity contribution in [3.05, 3.63) is 56.2 Å². The van der Waals surface area contributed by atoms with Crippen molar-refractivity contribution in [1.29, 1.82) is 0 Å². The van der Waals surface area contributed by atoms with Gasteiger partial charge in [-0.25, -0.2) is 9.24 Å². The summed E-state index contributed by atoms with van der Waals surface area (Å²) in [5.74, 6) is 0. The molecule has 0 amide bonds. The van der Waals surface area contributed by atoms with Crippen LogP contribution in [0.5, 0.6) is 0 Å². The molecule has 0 unspecified atom stereocenters. The van der Waals surface area contributed by atoms with Gasteiger partial charge in [-0.3, -0.25) is 0 Å². The second-order valence-electron chi connectivity index (χ2n) is 0.544. The van der Waals surface area contributed by atoms with Gasteiger partial charge < -0.3 is 0 Å². The quantitative estimate of drug-likeness (QED) is 0.369. The van der Waals surface area contributed by atoms with Crippen molar-refractivity contribution < 1.29 is 45.0 Å². The van der Waals surface area contributed by atoms with E-state index in [1.54, 1.807) is 0 Å². The molecule has 0 aromatic carbocycles. The van der Waals surface area contributed by atoms with Crippen LogP contribution in [0.1, 0.15) is 0 Å². The molecule has 0 spiro atoms. The van der Waals surface area contributed by atoms with Gasteiger partial charge in [0.2, 0.25) is 0 Å². The van der Waals surface area contributed by atoms with Gasteiger partial charge in [0.1, 0.15) is 6.33 Å². The summed E-state index contributed by atoms with van der Waals surface area (Å²) in [6, 6.07) is 0. The number of hydrogen-bond acceptors (Lipinski definition) is 0. The number of hydrogen-bond donors (Lipinski definition) is 0. The van der Waals surface area contributed by atoms with Gasteiger partial charge in [0.05, 0.1) is 6.57 Å². The van der Waals surface area contributed by atoms with Crippen LogP contribution in [0.2, 0.25) is 0 Å². The Morgan fingerprint density at radius 1 is 0.882 bits per heavy atom. The smallest absolute Gasteiger partial charge is 0 e. The van der Waals surface area contributed by atoms with Crippen LogP contribution in [0.15, 0.2) is 11.5 Å². The van der Waals surface area contributed by atoms with Crippen LogP contribution in [0, 0.1) is 39.8 Å². The molecule has 0 aromatic rings. The molecule has 88 valence electrons. The van der Waals surface area contributed by atoms with Crippen LogP contribution in [-0.2, 0) is 40.6 Å². The fourth-order valence-electron chi connectivity index (χ4n) is 0.0244. The Morgan fingerprint density at radius 2 is 1.06 bits per heavy atom. The molecule has 17 heavy (non-hydrogen) atoms. The fourth-order valence-corrected chi connectivity index (χ4v) is 0.0244. The maximum absolute atomic E-state index is 10.9. The van der Waals surface area contributed by atoms with Gasteiger partial charge in [-0.2, -0.15) is 0 Å². The van der Waals surface area contributed by atoms with E-state index in [1.165, 1.54) is 0 Å². The molecule has 0 fully saturated rings. The molecule has 0 saturated carbocycles. The molecule has 0 aliphatic carbocycles. The molecular weight excluding hydrogens is 297 g/mol. The average Bonchev–Trinajstić information content (AvgIpc) is 2.48. The van der Waals surface area contributed by atoms with E-state index in [0.29, 0.717) is 0 Å². The van der Waals surface area contributed by atoms with Gasteiger partial charge in [-0.15, -0.1) is 11.6 Å². The summed E-state index contributed by atoms with van der Waals surface area (Å²) in [5.41, 5.74) is 0. The fraction of sp³-hybridized carbons (Fsp3) is 0. The molecule has 0 bridgehead atoms. The zero-order valence-electron chi connectivity index (χ0n) is 7.73. The van der Waals surface area contributed by atoms with Crippen molar-refractivity contribution in [2.24, 2.45) is 0 Å². The molecule has 6 nitrogen and oxygen atoms in total. The molecule has 0 radical (unpaired) electrons. The minimum Gasteiger partial charge on any atom is 0 e. The third kappa shape index (κ3) is 328. The Bertz CT molecular complexity index is 242. The Morgan fingerprint density at radius 3 is 1.06 bits per heavy atom. The second kappa shape index (κ2) is 203. The van der Waals surface area contributed by atoms with Gasteiger partial charge in [0.25, 0.3) is 5.16 Å². The zero-order valence-corrected chi connectivity index (χ0v) is 9.76. The maximum Gasteiger partial charge on any atom is 0 e. The first-order chi connectivity index (χ1) is 7.81. The predicted molar refractivity (Wildman–Crippen MR) is 41.3 cm³/mol. The van der Waals surface area contributed by atoms with Crippen molar-refractivity contribution in [3.8, 4) is 0 Å². The van der Waals surface area contributed by atoms with Crippen LogP contribution >= 0.6 is 11.6 Å². The van der Waals surface area contributed by atoms with E-state index in [2.05, 4.69) is 38.1 Å². The molecular formula is C8HClCrFNO5. The topological polar surface area (TPSA) is 104 Å². The standard InChI is InChI=1S/C3HClFN.5CO.Cr/c1-6-3(4)2-5;5*1-2;/h2H;;;;;;/b3-2+;;;;;;. The first kappa shape index (κ1) is 44.8. The van der Waals surface area contributed by atoms with Crippen molar-refractivity contribution in [1.82, 2.24) is 0 Å². The predicted octanol–water partition coefficient (Wildman–Crippen LogP) is 1.72. The first-order valence-electron chi connectivity index (χ1n) is 2.16. The van der Waals surface area contributed by atoms with Crippen molar-refractivity contribution in [2.75, 3.05) is 0 Å². The first-order valence-corrected chi connectivity index (χ1v) is 2.54. The van der Waals surface area contributed by atoms with E-state index < -0.39 is 5.16 Å². The van der Waals surface area contributed by atoms with E-state index in [-0.39, 0.29) is 23.7 Å². The molecule has 0 atom stereocenters. The summed E-state index contributed by atoms with van der Waals surface area (Å²) in [7, 11) is 0. The second-order valence-corrected chi connectivity index (χ2v) is 0.931. The summed E-state index contributed by atoms with van der Waals surface area (Å²) < 4.78 is 48.4. The Labute approximate surface area is 113 Å². The summed E-state index contributed by atoms with van der Waals surface area (Å²) in [5, 5.41) is -0.435. The molecule has 0 saturated heterocycles.